The summed E-state index contributed by atoms with van der Waals surface area (Å²) in [6, 6.07) is 15.9. The second-order valence-electron chi connectivity index (χ2n) is 6.45. The molecule has 2 heterocycles. The van der Waals surface area contributed by atoms with E-state index in [2.05, 4.69) is 20.5 Å². The fraction of sp³-hybridized carbons (Fsp3) is 0.143. The number of thiazole rings is 1. The van der Waals surface area contributed by atoms with Crippen LogP contribution in [0.5, 0.6) is 0 Å². The zero-order valence-corrected chi connectivity index (χ0v) is 17.9. The van der Waals surface area contributed by atoms with Crippen molar-refractivity contribution in [2.45, 2.75) is 19.0 Å². The number of hydrogen-bond acceptors (Lipinski definition) is 6. The average Bonchev–Trinajstić information content (AvgIpc) is 3.30. The molecule has 2 aromatic carbocycles. The van der Waals surface area contributed by atoms with Gasteiger partial charge < -0.3 is 5.32 Å². The number of aromatic nitrogens is 4. The smallest absolute Gasteiger partial charge is 0.236 e. The lowest BCUT2D eigenvalue weighted by Gasteiger charge is -2.10. The molecular formula is C21H18FN5OS2. The fourth-order valence-electron chi connectivity index (χ4n) is 2.80. The van der Waals surface area contributed by atoms with Crippen LogP contribution >= 0.6 is 23.1 Å². The third kappa shape index (κ3) is 4.27. The van der Waals surface area contributed by atoms with Crippen LogP contribution in [0.25, 0.3) is 17.1 Å². The Hall–Kier alpha value is -3.04. The lowest BCUT2D eigenvalue weighted by atomic mass is 10.2. The van der Waals surface area contributed by atoms with E-state index in [1.807, 2.05) is 44.2 Å². The van der Waals surface area contributed by atoms with E-state index in [4.69, 9.17) is 0 Å². The van der Waals surface area contributed by atoms with Crippen molar-refractivity contribution in [3.8, 4) is 17.1 Å². The Kier molecular flexibility index (Phi) is 5.91. The van der Waals surface area contributed by atoms with Gasteiger partial charge in [0.15, 0.2) is 16.1 Å². The Morgan fingerprint density at radius 2 is 1.83 bits per heavy atom. The number of carbonyl (C=O) groups excluding carboxylic acids is 1. The van der Waals surface area contributed by atoms with Gasteiger partial charge in [-0.2, -0.15) is 0 Å². The zero-order valence-electron chi connectivity index (χ0n) is 16.3. The van der Waals surface area contributed by atoms with Gasteiger partial charge in [-0.25, -0.2) is 9.37 Å². The Balaban J connectivity index is 1.60. The number of rotatable bonds is 6. The highest BCUT2D eigenvalue weighted by Crippen LogP contribution is 2.29. The van der Waals surface area contributed by atoms with Crippen molar-refractivity contribution in [1.29, 1.82) is 0 Å². The van der Waals surface area contributed by atoms with Crippen molar-refractivity contribution in [2.24, 2.45) is 0 Å². The molecule has 30 heavy (non-hydrogen) atoms. The second-order valence-corrected chi connectivity index (χ2v) is 8.60. The van der Waals surface area contributed by atoms with Gasteiger partial charge in [-0.1, -0.05) is 42.1 Å². The largest absolute Gasteiger partial charge is 0.301 e. The van der Waals surface area contributed by atoms with Gasteiger partial charge in [0.2, 0.25) is 5.91 Å². The summed E-state index contributed by atoms with van der Waals surface area (Å²) in [5.41, 5.74) is 2.04. The van der Waals surface area contributed by atoms with Gasteiger partial charge in [0.05, 0.1) is 17.0 Å². The maximum atomic E-state index is 14.4. The van der Waals surface area contributed by atoms with Crippen molar-refractivity contribution in [3.63, 3.8) is 0 Å². The third-order valence-electron chi connectivity index (χ3n) is 4.37. The summed E-state index contributed by atoms with van der Waals surface area (Å²) in [4.78, 5) is 17.8. The number of para-hydroxylation sites is 1. The summed E-state index contributed by atoms with van der Waals surface area (Å²) in [6.07, 6.45) is 0. The molecule has 1 amide bonds. The normalized spacial score (nSPS) is 10.9. The SMILES string of the molecule is Cc1nc(NC(=O)CSc2nnc(-c3ccccc3F)n2-c2ccccc2)sc1C. The van der Waals surface area contributed by atoms with Crippen LogP contribution in [0, 0.1) is 19.7 Å². The van der Waals surface area contributed by atoms with E-state index in [-0.39, 0.29) is 17.5 Å². The van der Waals surface area contributed by atoms with Crippen molar-refractivity contribution in [1.82, 2.24) is 19.7 Å². The van der Waals surface area contributed by atoms with Crippen LogP contribution in [0.4, 0.5) is 9.52 Å². The van der Waals surface area contributed by atoms with Gasteiger partial charge in [-0.05, 0) is 38.1 Å². The first kappa shape index (κ1) is 20.2. The molecule has 9 heteroatoms. The van der Waals surface area contributed by atoms with Gasteiger partial charge >= 0.3 is 0 Å². The van der Waals surface area contributed by atoms with Gasteiger partial charge in [-0.15, -0.1) is 21.5 Å². The van der Waals surface area contributed by atoms with Crippen LogP contribution in [0.1, 0.15) is 10.6 Å². The molecule has 0 saturated carbocycles. The van der Waals surface area contributed by atoms with E-state index in [0.29, 0.717) is 21.7 Å². The lowest BCUT2D eigenvalue weighted by Crippen LogP contribution is -2.14. The number of carbonyl (C=O) groups is 1. The van der Waals surface area contributed by atoms with E-state index in [0.717, 1.165) is 16.3 Å². The molecule has 0 unspecified atom stereocenters. The molecule has 2 aromatic heterocycles. The number of nitrogens with zero attached hydrogens (tertiary/aromatic N) is 4. The number of benzene rings is 2. The quantitative estimate of drug-likeness (QED) is 0.434. The molecule has 0 spiro atoms. The first-order chi connectivity index (χ1) is 14.5. The number of anilines is 1. The van der Waals surface area contributed by atoms with E-state index in [1.54, 1.807) is 22.8 Å². The summed E-state index contributed by atoms with van der Waals surface area (Å²) in [5.74, 6) is -0.0667. The summed E-state index contributed by atoms with van der Waals surface area (Å²) < 4.78 is 16.2. The summed E-state index contributed by atoms with van der Waals surface area (Å²) >= 11 is 2.67. The minimum Gasteiger partial charge on any atom is -0.301 e. The summed E-state index contributed by atoms with van der Waals surface area (Å²) in [7, 11) is 0. The predicted molar refractivity (Wildman–Crippen MR) is 118 cm³/mol. The summed E-state index contributed by atoms with van der Waals surface area (Å²) in [6.45, 7) is 3.87. The monoisotopic (exact) mass is 439 g/mol. The van der Waals surface area contributed by atoms with E-state index < -0.39 is 0 Å². The number of hydrogen-bond donors (Lipinski definition) is 1. The van der Waals surface area contributed by atoms with Gasteiger partial charge in [-0.3, -0.25) is 9.36 Å². The van der Waals surface area contributed by atoms with Crippen molar-refractivity contribution in [3.05, 3.63) is 71.0 Å². The fourth-order valence-corrected chi connectivity index (χ4v) is 4.38. The van der Waals surface area contributed by atoms with Crippen molar-refractivity contribution >= 4 is 34.1 Å². The van der Waals surface area contributed by atoms with Crippen LogP contribution < -0.4 is 5.32 Å². The molecule has 0 bridgehead atoms. The Morgan fingerprint density at radius 3 is 2.53 bits per heavy atom. The molecular weight excluding hydrogens is 421 g/mol. The van der Waals surface area contributed by atoms with Crippen LogP contribution in [-0.4, -0.2) is 31.4 Å². The topological polar surface area (TPSA) is 72.7 Å². The molecule has 0 radical (unpaired) electrons. The standard InChI is InChI=1S/C21H18FN5OS2/c1-13-14(2)30-20(23-13)24-18(28)12-29-21-26-25-19(16-10-6-7-11-17(16)22)27(21)15-8-4-3-5-9-15/h3-11H,12H2,1-2H3,(H,23,24,28). The second kappa shape index (κ2) is 8.76. The van der Waals surface area contributed by atoms with Crippen LogP contribution in [0.3, 0.4) is 0 Å². The molecule has 1 N–H and O–H groups in total. The Labute approximate surface area is 181 Å². The van der Waals surface area contributed by atoms with E-state index in [9.17, 15) is 9.18 Å². The number of amides is 1. The first-order valence-corrected chi connectivity index (χ1v) is 11.0. The van der Waals surface area contributed by atoms with Crippen LogP contribution in [0.15, 0.2) is 59.8 Å². The molecule has 4 aromatic rings. The van der Waals surface area contributed by atoms with Crippen molar-refractivity contribution < 1.29 is 9.18 Å². The maximum Gasteiger partial charge on any atom is 0.236 e. The maximum absolute atomic E-state index is 14.4. The highest BCUT2D eigenvalue weighted by Gasteiger charge is 2.19. The van der Waals surface area contributed by atoms with Crippen LogP contribution in [0.2, 0.25) is 0 Å². The third-order valence-corrected chi connectivity index (χ3v) is 6.29. The minimum absolute atomic E-state index is 0.125. The van der Waals surface area contributed by atoms with Crippen molar-refractivity contribution in [2.75, 3.05) is 11.1 Å². The molecule has 0 atom stereocenters. The number of halogens is 1. The Morgan fingerprint density at radius 1 is 1.10 bits per heavy atom. The average molecular weight is 440 g/mol. The highest BCUT2D eigenvalue weighted by molar-refractivity contribution is 7.99. The number of nitrogens with one attached hydrogen (secondary N) is 1. The molecule has 0 aliphatic heterocycles. The number of aryl methyl sites for hydroxylation is 2. The molecule has 0 saturated heterocycles. The molecule has 0 aliphatic rings. The van der Waals surface area contributed by atoms with Crippen LogP contribution in [-0.2, 0) is 4.79 Å². The Bertz CT molecular complexity index is 1170. The van der Waals surface area contributed by atoms with Gasteiger partial charge in [0.25, 0.3) is 0 Å². The molecule has 6 nitrogen and oxygen atoms in total. The lowest BCUT2D eigenvalue weighted by molar-refractivity contribution is -0.113. The number of thioether (sulfide) groups is 1. The van der Waals surface area contributed by atoms with Gasteiger partial charge in [0.1, 0.15) is 5.82 Å². The molecule has 0 fully saturated rings. The summed E-state index contributed by atoms with van der Waals surface area (Å²) in [5, 5.41) is 12.3. The highest BCUT2D eigenvalue weighted by atomic mass is 32.2. The minimum atomic E-state index is -0.383. The van der Waals surface area contributed by atoms with E-state index in [1.165, 1.54) is 29.2 Å². The first-order valence-electron chi connectivity index (χ1n) is 9.15. The zero-order chi connectivity index (χ0) is 21.1. The molecule has 0 aliphatic carbocycles. The molecule has 152 valence electrons. The molecule has 4 rings (SSSR count). The predicted octanol–water partition coefficient (Wildman–Crippen LogP) is 4.88. The van der Waals surface area contributed by atoms with E-state index >= 15 is 0 Å². The van der Waals surface area contributed by atoms with Gasteiger partial charge in [0, 0.05) is 10.6 Å².